The van der Waals surface area contributed by atoms with Gasteiger partial charge in [-0.3, -0.25) is 4.79 Å². The molecule has 4 heteroatoms. The van der Waals surface area contributed by atoms with E-state index in [9.17, 15) is 9.90 Å². The van der Waals surface area contributed by atoms with Gasteiger partial charge >= 0.3 is 5.97 Å². The number of carbonyl (C=O) groups excluding carboxylic acids is 1. The molecule has 0 radical (unpaired) electrons. The van der Waals surface area contributed by atoms with E-state index < -0.39 is 6.29 Å². The van der Waals surface area contributed by atoms with Crippen LogP contribution in [-0.4, -0.2) is 29.6 Å². The van der Waals surface area contributed by atoms with Crippen molar-refractivity contribution in [1.82, 2.24) is 0 Å². The largest absolute Gasteiger partial charge is 0.462 e. The lowest BCUT2D eigenvalue weighted by Crippen LogP contribution is -2.56. The van der Waals surface area contributed by atoms with Gasteiger partial charge in [0.1, 0.15) is 6.10 Å². The Morgan fingerprint density at radius 1 is 1.71 bits per heavy atom. The van der Waals surface area contributed by atoms with Gasteiger partial charge in [-0.2, -0.15) is 0 Å². The Balaban J connectivity index is 1.61. The zero-order valence-corrected chi connectivity index (χ0v) is 9.76. The van der Waals surface area contributed by atoms with E-state index in [1.165, 1.54) is 0 Å². The molecule has 92 valence electrons. The molecular formula is C13H16O4. The Hall–Kier alpha value is -0.870. The van der Waals surface area contributed by atoms with Gasteiger partial charge in [0.15, 0.2) is 6.29 Å². The summed E-state index contributed by atoms with van der Waals surface area (Å²) in [6.07, 6.45) is 1.16. The summed E-state index contributed by atoms with van der Waals surface area (Å²) in [5.41, 5.74) is 0.737. The highest BCUT2D eigenvalue weighted by Crippen LogP contribution is 2.80. The number of carbonyl (C=O) groups is 1. The summed E-state index contributed by atoms with van der Waals surface area (Å²) in [5.74, 6) is 0.739. The van der Waals surface area contributed by atoms with Gasteiger partial charge in [-0.05, 0) is 31.3 Å². The van der Waals surface area contributed by atoms with E-state index in [0.29, 0.717) is 17.4 Å². The van der Waals surface area contributed by atoms with Crippen LogP contribution in [0, 0.1) is 23.2 Å². The van der Waals surface area contributed by atoms with Crippen LogP contribution in [0.5, 0.6) is 0 Å². The van der Waals surface area contributed by atoms with Crippen LogP contribution < -0.4 is 0 Å². The molecule has 0 bridgehead atoms. The molecule has 4 nitrogen and oxygen atoms in total. The molecule has 1 saturated heterocycles. The molecular weight excluding hydrogens is 220 g/mol. The quantitative estimate of drug-likeness (QED) is 0.448. The molecule has 7 unspecified atom stereocenters. The van der Waals surface area contributed by atoms with Crippen molar-refractivity contribution in [3.63, 3.8) is 0 Å². The van der Waals surface area contributed by atoms with Crippen LogP contribution in [-0.2, 0) is 14.3 Å². The summed E-state index contributed by atoms with van der Waals surface area (Å²) < 4.78 is 11.0. The van der Waals surface area contributed by atoms with E-state index in [4.69, 9.17) is 9.47 Å². The summed E-state index contributed by atoms with van der Waals surface area (Å²) >= 11 is 0. The van der Waals surface area contributed by atoms with Gasteiger partial charge in [-0.1, -0.05) is 6.58 Å². The van der Waals surface area contributed by atoms with Crippen molar-refractivity contribution in [3.8, 4) is 0 Å². The van der Waals surface area contributed by atoms with Crippen LogP contribution in [0.15, 0.2) is 12.2 Å². The van der Waals surface area contributed by atoms with E-state index in [1.54, 1.807) is 6.92 Å². The first kappa shape index (κ1) is 10.1. The molecule has 0 aromatic heterocycles. The van der Waals surface area contributed by atoms with E-state index in [-0.39, 0.29) is 29.5 Å². The highest BCUT2D eigenvalue weighted by Gasteiger charge is 2.85. The maximum Gasteiger partial charge on any atom is 0.312 e. The third-order valence-corrected chi connectivity index (χ3v) is 5.22. The molecule has 4 fully saturated rings. The van der Waals surface area contributed by atoms with Gasteiger partial charge in [0.25, 0.3) is 0 Å². The predicted molar refractivity (Wildman–Crippen MR) is 57.7 cm³/mol. The molecule has 1 aliphatic heterocycles. The number of esters is 1. The Morgan fingerprint density at radius 3 is 3.18 bits per heavy atom. The summed E-state index contributed by atoms with van der Waals surface area (Å²) in [7, 11) is 0. The standard InChI is InChI=1S/C13H16O4/c1-5(2)11(14)17-10-8-9-7(16-12(8)15)3-6-4-13(6,9)10/h6-11,14H,1,3-4H2,2H3. The molecule has 4 aliphatic rings. The first-order valence-electron chi connectivity index (χ1n) is 6.25. The Labute approximate surface area is 99.6 Å². The van der Waals surface area contributed by atoms with Crippen molar-refractivity contribution in [2.75, 3.05) is 0 Å². The lowest BCUT2D eigenvalue weighted by Gasteiger charge is -2.46. The Morgan fingerprint density at radius 2 is 2.47 bits per heavy atom. The summed E-state index contributed by atoms with van der Waals surface area (Å²) in [6, 6.07) is 0. The lowest BCUT2D eigenvalue weighted by atomic mass is 9.60. The average molecular weight is 236 g/mol. The fourth-order valence-corrected chi connectivity index (χ4v) is 4.45. The molecule has 1 N–H and O–H groups in total. The number of hydrogen-bond acceptors (Lipinski definition) is 4. The van der Waals surface area contributed by atoms with Gasteiger partial charge < -0.3 is 14.6 Å². The SMILES string of the molecule is C=C(C)C(O)OC1C2C(=O)OC3CC4CC41C32. The van der Waals surface area contributed by atoms with Crippen molar-refractivity contribution in [3.05, 3.63) is 12.2 Å². The summed E-state index contributed by atoms with van der Waals surface area (Å²) in [6.45, 7) is 5.41. The lowest BCUT2D eigenvalue weighted by molar-refractivity contribution is -0.211. The third-order valence-electron chi connectivity index (χ3n) is 5.22. The smallest absolute Gasteiger partial charge is 0.312 e. The van der Waals surface area contributed by atoms with Gasteiger partial charge in [0, 0.05) is 11.3 Å². The Kier molecular flexibility index (Phi) is 1.63. The molecule has 3 aliphatic carbocycles. The minimum atomic E-state index is -0.955. The monoisotopic (exact) mass is 236 g/mol. The summed E-state index contributed by atoms with van der Waals surface area (Å²) in [4.78, 5) is 11.7. The van der Waals surface area contributed by atoms with Crippen LogP contribution in [0.2, 0.25) is 0 Å². The van der Waals surface area contributed by atoms with Crippen molar-refractivity contribution in [2.24, 2.45) is 23.2 Å². The molecule has 0 aromatic rings. The first-order valence-corrected chi connectivity index (χ1v) is 6.25. The zero-order chi connectivity index (χ0) is 11.9. The Bertz CT molecular complexity index is 431. The highest BCUT2D eigenvalue weighted by molar-refractivity contribution is 5.79. The number of aliphatic hydroxyl groups is 1. The van der Waals surface area contributed by atoms with Gasteiger partial charge in [-0.15, -0.1) is 0 Å². The summed E-state index contributed by atoms with van der Waals surface area (Å²) in [5, 5.41) is 9.75. The second-order valence-electron chi connectivity index (χ2n) is 6.03. The van der Waals surface area contributed by atoms with Crippen LogP contribution in [0.1, 0.15) is 19.8 Å². The second-order valence-corrected chi connectivity index (χ2v) is 6.03. The van der Waals surface area contributed by atoms with Gasteiger partial charge in [0.2, 0.25) is 0 Å². The topological polar surface area (TPSA) is 55.8 Å². The highest BCUT2D eigenvalue weighted by atomic mass is 16.6. The molecule has 7 atom stereocenters. The number of aliphatic hydroxyl groups excluding tert-OH is 1. The van der Waals surface area contributed by atoms with Crippen LogP contribution in [0.3, 0.4) is 0 Å². The molecule has 1 spiro atoms. The maximum atomic E-state index is 11.7. The van der Waals surface area contributed by atoms with Crippen LogP contribution in [0.25, 0.3) is 0 Å². The van der Waals surface area contributed by atoms with E-state index in [1.807, 2.05) is 0 Å². The van der Waals surface area contributed by atoms with E-state index in [0.717, 1.165) is 12.8 Å². The number of rotatable bonds is 3. The normalized spacial score (nSPS) is 54.5. The fourth-order valence-electron chi connectivity index (χ4n) is 4.45. The zero-order valence-electron chi connectivity index (χ0n) is 9.76. The first-order chi connectivity index (χ1) is 8.05. The third kappa shape index (κ3) is 0.960. The van der Waals surface area contributed by atoms with E-state index >= 15 is 0 Å². The van der Waals surface area contributed by atoms with Crippen molar-refractivity contribution >= 4 is 5.97 Å². The molecule has 1 heterocycles. The minimum absolute atomic E-state index is 0.130. The second kappa shape index (κ2) is 2.75. The van der Waals surface area contributed by atoms with Crippen LogP contribution in [0.4, 0.5) is 0 Å². The maximum absolute atomic E-state index is 11.7. The number of hydrogen-bond donors (Lipinski definition) is 1. The molecule has 0 aromatic carbocycles. The van der Waals surface area contributed by atoms with Crippen molar-refractivity contribution < 1.29 is 19.4 Å². The van der Waals surface area contributed by atoms with Gasteiger partial charge in [-0.25, -0.2) is 0 Å². The number of ether oxygens (including phenoxy) is 2. The average Bonchev–Trinajstić information content (AvgIpc) is 2.80. The van der Waals surface area contributed by atoms with Crippen LogP contribution >= 0.6 is 0 Å². The molecule has 3 saturated carbocycles. The minimum Gasteiger partial charge on any atom is -0.462 e. The van der Waals surface area contributed by atoms with Gasteiger partial charge in [0.05, 0.1) is 12.0 Å². The molecule has 0 amide bonds. The van der Waals surface area contributed by atoms with E-state index in [2.05, 4.69) is 6.58 Å². The van der Waals surface area contributed by atoms with Crippen molar-refractivity contribution in [2.45, 2.75) is 38.3 Å². The van der Waals surface area contributed by atoms with Crippen molar-refractivity contribution in [1.29, 1.82) is 0 Å². The molecule has 17 heavy (non-hydrogen) atoms. The molecule has 4 rings (SSSR count). The predicted octanol–water partition coefficient (Wildman–Crippen LogP) is 0.847. The fraction of sp³-hybridized carbons (Fsp3) is 0.769.